The average molecular weight is 402 g/mol. The van der Waals surface area contributed by atoms with Crippen molar-refractivity contribution in [3.63, 3.8) is 0 Å². The van der Waals surface area contributed by atoms with Gasteiger partial charge in [0.15, 0.2) is 5.72 Å². The smallest absolute Gasteiger partial charge is 0.258 e. The van der Waals surface area contributed by atoms with E-state index in [2.05, 4.69) is 10.6 Å². The van der Waals surface area contributed by atoms with E-state index >= 15 is 0 Å². The fraction of sp³-hybridized carbons (Fsp3) is 0.636. The van der Waals surface area contributed by atoms with Crippen molar-refractivity contribution in [2.24, 2.45) is 17.8 Å². The molecule has 5 rings (SSSR count). The van der Waals surface area contributed by atoms with Crippen LogP contribution < -0.4 is 20.1 Å². The van der Waals surface area contributed by atoms with Crippen molar-refractivity contribution in [3.8, 4) is 11.5 Å². The van der Waals surface area contributed by atoms with Crippen molar-refractivity contribution >= 4 is 11.8 Å². The molecule has 2 amide bonds. The van der Waals surface area contributed by atoms with Crippen LogP contribution in [0.25, 0.3) is 0 Å². The Labute approximate surface area is 171 Å². The molecular weight excluding hydrogens is 372 g/mol. The van der Waals surface area contributed by atoms with Gasteiger partial charge in [0.2, 0.25) is 5.91 Å². The Balaban J connectivity index is 1.43. The van der Waals surface area contributed by atoms with Crippen molar-refractivity contribution in [1.29, 1.82) is 0 Å². The van der Waals surface area contributed by atoms with E-state index in [1.165, 1.54) is 0 Å². The van der Waals surface area contributed by atoms with Gasteiger partial charge in [0.25, 0.3) is 5.91 Å². The minimum absolute atomic E-state index is 0.0151. The third kappa shape index (κ3) is 3.80. The summed E-state index contributed by atoms with van der Waals surface area (Å²) in [5.41, 5.74) is -0.188. The van der Waals surface area contributed by atoms with Crippen LogP contribution in [0.15, 0.2) is 18.2 Å². The molecule has 0 aromatic heterocycles. The predicted molar refractivity (Wildman–Crippen MR) is 107 cm³/mol. The van der Waals surface area contributed by atoms with Crippen LogP contribution in [-0.2, 0) is 9.53 Å². The largest absolute Gasteiger partial charge is 0.497 e. The summed E-state index contributed by atoms with van der Waals surface area (Å²) >= 11 is 0. The quantitative estimate of drug-likeness (QED) is 0.685. The van der Waals surface area contributed by atoms with Gasteiger partial charge in [-0.1, -0.05) is 0 Å². The maximum atomic E-state index is 12.8. The number of amides is 2. The van der Waals surface area contributed by atoms with E-state index in [4.69, 9.17) is 14.2 Å². The van der Waals surface area contributed by atoms with E-state index in [1.54, 1.807) is 25.3 Å². The monoisotopic (exact) mass is 402 g/mol. The lowest BCUT2D eigenvalue weighted by Crippen LogP contribution is -2.66. The second-order valence-corrected chi connectivity index (χ2v) is 8.23. The van der Waals surface area contributed by atoms with E-state index in [-0.39, 0.29) is 29.6 Å². The molecule has 1 heterocycles. The maximum Gasteiger partial charge on any atom is 0.258 e. The van der Waals surface area contributed by atoms with Gasteiger partial charge in [-0.25, -0.2) is 0 Å². The fourth-order valence-electron chi connectivity index (χ4n) is 5.10. The number of carbonyl (C=O) groups excluding carboxylic acids is 2. The molecular formula is C22H30N2O5. The molecule has 1 aromatic carbocycles. The lowest BCUT2D eigenvalue weighted by molar-refractivity contribution is -0.146. The van der Waals surface area contributed by atoms with Gasteiger partial charge >= 0.3 is 0 Å². The molecule has 158 valence electrons. The summed E-state index contributed by atoms with van der Waals surface area (Å²) in [5.74, 6) is 1.55. The van der Waals surface area contributed by atoms with Crippen LogP contribution in [0.1, 0.15) is 49.4 Å². The number of carbonyl (C=O) groups is 2. The van der Waals surface area contributed by atoms with Crippen molar-refractivity contribution in [3.05, 3.63) is 23.8 Å². The maximum absolute atomic E-state index is 12.8. The lowest BCUT2D eigenvalue weighted by atomic mass is 9.60. The SMILES string of the molecule is CCOCCCNC(=O)C1CC2CCC1CC21NC(=O)c2ccc(OC)cc2O1. The van der Waals surface area contributed by atoms with Gasteiger partial charge in [-0.3, -0.25) is 9.59 Å². The summed E-state index contributed by atoms with van der Waals surface area (Å²) in [5, 5.41) is 6.20. The first-order chi connectivity index (χ1) is 14.1. The Hall–Kier alpha value is -2.28. The number of fused-ring (bicyclic) bond motifs is 3. The summed E-state index contributed by atoms with van der Waals surface area (Å²) in [6.07, 6.45) is 4.17. The standard InChI is InChI=1S/C22H30N2O5/c1-3-28-10-4-9-23-20(25)18-11-15-6-5-14(18)13-22(15)24-21(26)17-8-7-16(27-2)12-19(17)29-22/h7-8,12,14-15,18H,3-6,9-11,13H2,1-2H3,(H,23,25)(H,24,26). The van der Waals surface area contributed by atoms with Gasteiger partial charge in [0.05, 0.1) is 12.7 Å². The van der Waals surface area contributed by atoms with Gasteiger partial charge in [-0.2, -0.15) is 0 Å². The fourth-order valence-corrected chi connectivity index (χ4v) is 5.10. The number of methoxy groups -OCH3 is 1. The third-order valence-corrected chi connectivity index (χ3v) is 6.57. The van der Waals surface area contributed by atoms with Crippen LogP contribution in [0.2, 0.25) is 0 Å². The number of ether oxygens (including phenoxy) is 3. The Bertz CT molecular complexity index is 782. The molecule has 1 spiro atoms. The molecule has 3 fully saturated rings. The van der Waals surface area contributed by atoms with Crippen LogP contribution in [0.5, 0.6) is 11.5 Å². The van der Waals surface area contributed by atoms with Crippen molar-refractivity contribution in [1.82, 2.24) is 10.6 Å². The highest BCUT2D eigenvalue weighted by Crippen LogP contribution is 2.52. The predicted octanol–water partition coefficient (Wildman–Crippen LogP) is 2.49. The van der Waals surface area contributed by atoms with Gasteiger partial charge < -0.3 is 24.8 Å². The topological polar surface area (TPSA) is 85.9 Å². The van der Waals surface area contributed by atoms with Crippen molar-refractivity contribution < 1.29 is 23.8 Å². The molecule has 4 unspecified atom stereocenters. The Morgan fingerprint density at radius 3 is 2.97 bits per heavy atom. The molecule has 1 aromatic rings. The van der Waals surface area contributed by atoms with E-state index in [0.717, 1.165) is 25.7 Å². The molecule has 4 aliphatic rings. The van der Waals surface area contributed by atoms with E-state index in [9.17, 15) is 9.59 Å². The van der Waals surface area contributed by atoms with Gasteiger partial charge in [-0.05, 0) is 50.7 Å². The number of rotatable bonds is 7. The first kappa shape index (κ1) is 20.0. The highest BCUT2D eigenvalue weighted by atomic mass is 16.5. The molecule has 7 nitrogen and oxygen atoms in total. The van der Waals surface area contributed by atoms with Crippen LogP contribution in [0, 0.1) is 17.8 Å². The van der Waals surface area contributed by atoms with E-state index in [1.807, 2.05) is 6.92 Å². The second-order valence-electron chi connectivity index (χ2n) is 8.23. The lowest BCUT2D eigenvalue weighted by Gasteiger charge is -2.55. The summed E-state index contributed by atoms with van der Waals surface area (Å²) in [6.45, 7) is 3.97. The Morgan fingerprint density at radius 2 is 2.24 bits per heavy atom. The zero-order valence-corrected chi connectivity index (χ0v) is 17.2. The van der Waals surface area contributed by atoms with Crippen LogP contribution >= 0.6 is 0 Å². The molecule has 0 saturated heterocycles. The average Bonchev–Trinajstić information content (AvgIpc) is 2.73. The molecule has 0 radical (unpaired) electrons. The van der Waals surface area contributed by atoms with E-state index < -0.39 is 5.72 Å². The highest BCUT2D eigenvalue weighted by molar-refractivity contribution is 5.98. The number of hydrogen-bond donors (Lipinski definition) is 2. The number of hydrogen-bond acceptors (Lipinski definition) is 5. The van der Waals surface area contributed by atoms with Gasteiger partial charge in [-0.15, -0.1) is 0 Å². The normalized spacial score (nSPS) is 29.7. The van der Waals surface area contributed by atoms with Crippen molar-refractivity contribution in [2.45, 2.75) is 44.8 Å². The van der Waals surface area contributed by atoms with Crippen LogP contribution in [0.3, 0.4) is 0 Å². The van der Waals surface area contributed by atoms with Crippen molar-refractivity contribution in [2.75, 3.05) is 26.9 Å². The molecule has 2 bridgehead atoms. The minimum atomic E-state index is -0.717. The Morgan fingerprint density at radius 1 is 1.38 bits per heavy atom. The van der Waals surface area contributed by atoms with Crippen LogP contribution in [0.4, 0.5) is 0 Å². The molecule has 3 saturated carbocycles. The third-order valence-electron chi connectivity index (χ3n) is 6.57. The Kier molecular flexibility index (Phi) is 5.67. The molecule has 4 atom stereocenters. The zero-order valence-electron chi connectivity index (χ0n) is 17.2. The summed E-state index contributed by atoms with van der Waals surface area (Å²) in [4.78, 5) is 25.5. The molecule has 29 heavy (non-hydrogen) atoms. The first-order valence-corrected chi connectivity index (χ1v) is 10.6. The summed E-state index contributed by atoms with van der Waals surface area (Å²) in [6, 6.07) is 5.27. The van der Waals surface area contributed by atoms with Gasteiger partial charge in [0, 0.05) is 44.1 Å². The van der Waals surface area contributed by atoms with Crippen LogP contribution in [-0.4, -0.2) is 44.4 Å². The highest BCUT2D eigenvalue weighted by Gasteiger charge is 2.57. The molecule has 7 heteroatoms. The zero-order chi connectivity index (χ0) is 20.4. The van der Waals surface area contributed by atoms with Gasteiger partial charge in [0.1, 0.15) is 11.5 Å². The number of nitrogens with one attached hydrogen (secondary N) is 2. The number of benzene rings is 1. The van der Waals surface area contributed by atoms with E-state index in [0.29, 0.717) is 43.2 Å². The molecule has 1 aliphatic heterocycles. The molecule has 3 aliphatic carbocycles. The minimum Gasteiger partial charge on any atom is -0.497 e. The second kappa shape index (κ2) is 8.22. The molecule has 2 N–H and O–H groups in total. The first-order valence-electron chi connectivity index (χ1n) is 10.6. The summed E-state index contributed by atoms with van der Waals surface area (Å²) < 4.78 is 17.0. The summed E-state index contributed by atoms with van der Waals surface area (Å²) in [7, 11) is 1.60.